The molecule has 2 rings (SSSR count). The predicted octanol–water partition coefficient (Wildman–Crippen LogP) is 0.924. The molecule has 5 N–H and O–H groups in total. The molecule has 0 unspecified atom stereocenters. The van der Waals surface area contributed by atoms with Crippen LogP contribution in [-0.2, 0) is 17.6 Å². The second-order valence-electron chi connectivity index (χ2n) is 4.44. The van der Waals surface area contributed by atoms with E-state index in [1.807, 2.05) is 5.38 Å². The van der Waals surface area contributed by atoms with Crippen molar-refractivity contribution >= 4 is 28.8 Å². The van der Waals surface area contributed by atoms with Crippen molar-refractivity contribution in [1.82, 2.24) is 4.98 Å². The highest BCUT2D eigenvalue weighted by Gasteiger charge is 2.08. The van der Waals surface area contributed by atoms with Crippen LogP contribution in [0.25, 0.3) is 0 Å². The maximum atomic E-state index is 11.9. The third-order valence-electron chi connectivity index (χ3n) is 2.75. The topological polar surface area (TPSA) is 111 Å². The Morgan fingerprint density at radius 2 is 1.95 bits per heavy atom. The summed E-state index contributed by atoms with van der Waals surface area (Å²) in [5.74, 6) is -0.658. The van der Waals surface area contributed by atoms with Crippen LogP contribution < -0.4 is 16.8 Å². The second kappa shape index (κ2) is 6.96. The van der Waals surface area contributed by atoms with Gasteiger partial charge in [-0.25, -0.2) is 4.98 Å². The number of rotatable bonds is 6. The molecule has 0 atom stereocenters. The van der Waals surface area contributed by atoms with Gasteiger partial charge in [0.15, 0.2) is 0 Å². The number of nitrogens with two attached hydrogens (primary N) is 2. The number of aromatic nitrogens is 1. The molecular weight excluding hydrogens is 288 g/mol. The van der Waals surface area contributed by atoms with E-state index in [4.69, 9.17) is 11.5 Å². The maximum Gasteiger partial charge on any atom is 0.248 e. The van der Waals surface area contributed by atoms with Crippen molar-refractivity contribution in [3.8, 4) is 0 Å². The normalized spacial score (nSPS) is 10.3. The van der Waals surface area contributed by atoms with Crippen LogP contribution in [0, 0.1) is 0 Å². The average molecular weight is 304 g/mol. The van der Waals surface area contributed by atoms with Gasteiger partial charge in [0.2, 0.25) is 11.8 Å². The fraction of sp³-hybridized carbons (Fsp3) is 0.214. The molecule has 0 aliphatic rings. The average Bonchev–Trinajstić information content (AvgIpc) is 2.87. The number of hydrogen-bond acceptors (Lipinski definition) is 5. The molecule has 0 saturated carbocycles. The summed E-state index contributed by atoms with van der Waals surface area (Å²) in [6.07, 6.45) is 0.930. The minimum Gasteiger partial charge on any atom is -0.366 e. The van der Waals surface area contributed by atoms with Crippen LogP contribution in [0.2, 0.25) is 0 Å². The van der Waals surface area contributed by atoms with Crippen LogP contribution in [0.3, 0.4) is 0 Å². The maximum absolute atomic E-state index is 11.9. The molecule has 0 spiro atoms. The van der Waals surface area contributed by atoms with E-state index in [-0.39, 0.29) is 12.3 Å². The summed E-state index contributed by atoms with van der Waals surface area (Å²) in [7, 11) is 0. The summed E-state index contributed by atoms with van der Waals surface area (Å²) in [6, 6.07) is 6.41. The third-order valence-corrected chi connectivity index (χ3v) is 3.71. The van der Waals surface area contributed by atoms with Gasteiger partial charge in [0, 0.05) is 23.1 Å². The zero-order valence-electron chi connectivity index (χ0n) is 11.3. The molecule has 21 heavy (non-hydrogen) atoms. The SMILES string of the molecule is NCCc1nc(CC(=O)Nc2ccc(C(N)=O)cc2)cs1. The fourth-order valence-corrected chi connectivity index (χ4v) is 2.57. The highest BCUT2D eigenvalue weighted by molar-refractivity contribution is 7.09. The molecule has 6 nitrogen and oxygen atoms in total. The van der Waals surface area contributed by atoms with Crippen LogP contribution in [-0.4, -0.2) is 23.3 Å². The molecule has 0 aliphatic carbocycles. The highest BCUT2D eigenvalue weighted by Crippen LogP contribution is 2.13. The summed E-state index contributed by atoms with van der Waals surface area (Å²) in [5.41, 5.74) is 12.4. The Bertz CT molecular complexity index is 637. The van der Waals surface area contributed by atoms with E-state index in [0.29, 0.717) is 17.8 Å². The number of hydrogen-bond donors (Lipinski definition) is 3. The van der Waals surface area contributed by atoms with Gasteiger partial charge in [0.05, 0.1) is 17.1 Å². The number of primary amides is 1. The van der Waals surface area contributed by atoms with Gasteiger partial charge in [0.1, 0.15) is 0 Å². The van der Waals surface area contributed by atoms with Gasteiger partial charge in [-0.1, -0.05) is 0 Å². The summed E-state index contributed by atoms with van der Waals surface area (Å²) in [4.78, 5) is 27.2. The Hall–Kier alpha value is -2.25. The van der Waals surface area contributed by atoms with E-state index in [2.05, 4.69) is 10.3 Å². The smallest absolute Gasteiger partial charge is 0.248 e. The molecule has 0 radical (unpaired) electrons. The van der Waals surface area contributed by atoms with Gasteiger partial charge in [-0.3, -0.25) is 9.59 Å². The molecule has 110 valence electrons. The molecule has 1 aromatic carbocycles. The van der Waals surface area contributed by atoms with Crippen molar-refractivity contribution in [2.45, 2.75) is 12.8 Å². The largest absolute Gasteiger partial charge is 0.366 e. The number of carbonyl (C=O) groups is 2. The minimum atomic E-state index is -0.497. The minimum absolute atomic E-state index is 0.161. The van der Waals surface area contributed by atoms with Crippen molar-refractivity contribution in [2.75, 3.05) is 11.9 Å². The van der Waals surface area contributed by atoms with Crippen molar-refractivity contribution in [1.29, 1.82) is 0 Å². The van der Waals surface area contributed by atoms with E-state index in [0.717, 1.165) is 17.1 Å². The van der Waals surface area contributed by atoms with Crippen molar-refractivity contribution < 1.29 is 9.59 Å². The molecule has 0 saturated heterocycles. The van der Waals surface area contributed by atoms with Gasteiger partial charge < -0.3 is 16.8 Å². The number of benzene rings is 1. The first-order valence-corrected chi connectivity index (χ1v) is 7.29. The highest BCUT2D eigenvalue weighted by atomic mass is 32.1. The molecule has 0 aliphatic heterocycles. The molecule has 1 aromatic heterocycles. The van der Waals surface area contributed by atoms with Crippen LogP contribution in [0.1, 0.15) is 21.1 Å². The number of carbonyl (C=O) groups excluding carboxylic acids is 2. The summed E-state index contributed by atoms with van der Waals surface area (Å²) in [6.45, 7) is 0.547. The van der Waals surface area contributed by atoms with E-state index in [9.17, 15) is 9.59 Å². The molecule has 2 amide bonds. The number of anilines is 1. The van der Waals surface area contributed by atoms with Gasteiger partial charge in [-0.05, 0) is 30.8 Å². The monoisotopic (exact) mass is 304 g/mol. The predicted molar refractivity (Wildman–Crippen MR) is 82.2 cm³/mol. The Balaban J connectivity index is 1.92. The lowest BCUT2D eigenvalue weighted by Gasteiger charge is -2.04. The zero-order chi connectivity index (χ0) is 15.2. The lowest BCUT2D eigenvalue weighted by atomic mass is 10.2. The summed E-state index contributed by atoms with van der Waals surface area (Å²) < 4.78 is 0. The molecule has 1 heterocycles. The molecule has 7 heteroatoms. The second-order valence-corrected chi connectivity index (χ2v) is 5.38. The first-order valence-electron chi connectivity index (χ1n) is 6.41. The molecule has 0 bridgehead atoms. The standard InChI is InChI=1S/C14H16N4O2S/c15-6-5-13-18-11(8-21-13)7-12(19)17-10-3-1-9(2-4-10)14(16)20/h1-4,8H,5-7,15H2,(H2,16,20)(H,17,19). The number of thiazole rings is 1. The lowest BCUT2D eigenvalue weighted by molar-refractivity contribution is -0.115. The van der Waals surface area contributed by atoms with Gasteiger partial charge in [0.25, 0.3) is 0 Å². The molecule has 0 fully saturated rings. The van der Waals surface area contributed by atoms with E-state index >= 15 is 0 Å². The van der Waals surface area contributed by atoms with Gasteiger partial charge >= 0.3 is 0 Å². The van der Waals surface area contributed by atoms with Crippen LogP contribution in [0.4, 0.5) is 5.69 Å². The van der Waals surface area contributed by atoms with Crippen molar-refractivity contribution in [3.63, 3.8) is 0 Å². The Labute approximate surface area is 126 Å². The fourth-order valence-electron chi connectivity index (χ4n) is 1.76. The lowest BCUT2D eigenvalue weighted by Crippen LogP contribution is -2.15. The van der Waals surface area contributed by atoms with Crippen LogP contribution in [0.5, 0.6) is 0 Å². The summed E-state index contributed by atoms with van der Waals surface area (Å²) >= 11 is 1.51. The van der Waals surface area contributed by atoms with Crippen LogP contribution >= 0.6 is 11.3 Å². The number of nitrogens with zero attached hydrogens (tertiary/aromatic N) is 1. The Kier molecular flexibility index (Phi) is 5.02. The first kappa shape index (κ1) is 15.1. The Morgan fingerprint density at radius 3 is 2.57 bits per heavy atom. The van der Waals surface area contributed by atoms with Crippen molar-refractivity contribution in [3.05, 3.63) is 45.9 Å². The molecular formula is C14H16N4O2S. The van der Waals surface area contributed by atoms with Crippen molar-refractivity contribution in [2.24, 2.45) is 11.5 Å². The third kappa shape index (κ3) is 4.37. The van der Waals surface area contributed by atoms with Gasteiger partial charge in [-0.2, -0.15) is 0 Å². The van der Waals surface area contributed by atoms with E-state index < -0.39 is 5.91 Å². The van der Waals surface area contributed by atoms with Crippen LogP contribution in [0.15, 0.2) is 29.6 Å². The quantitative estimate of drug-likeness (QED) is 0.737. The Morgan fingerprint density at radius 1 is 1.24 bits per heavy atom. The number of amides is 2. The van der Waals surface area contributed by atoms with E-state index in [1.165, 1.54) is 11.3 Å². The first-order chi connectivity index (χ1) is 10.1. The summed E-state index contributed by atoms with van der Waals surface area (Å²) in [5, 5.41) is 5.54. The number of nitrogens with one attached hydrogen (secondary N) is 1. The molecule has 2 aromatic rings. The zero-order valence-corrected chi connectivity index (χ0v) is 12.2. The van der Waals surface area contributed by atoms with E-state index in [1.54, 1.807) is 24.3 Å². The van der Waals surface area contributed by atoms with Gasteiger partial charge in [-0.15, -0.1) is 11.3 Å².